The highest BCUT2D eigenvalue weighted by molar-refractivity contribution is 9.10. The minimum Gasteiger partial charge on any atom is -0.322 e. The standard InChI is InChI=1S/C6H3BrF2N2O3/c7-4-3(5(8)9)2(11(13)14)1-10-6(4)12/h1,5H,(H,10,12). The highest BCUT2D eigenvalue weighted by Gasteiger charge is 2.26. The number of nitrogens with one attached hydrogen (secondary N) is 1. The molecule has 0 saturated carbocycles. The predicted molar refractivity (Wildman–Crippen MR) is 46.4 cm³/mol. The summed E-state index contributed by atoms with van der Waals surface area (Å²) in [6.45, 7) is 0. The van der Waals surface area contributed by atoms with E-state index in [0.29, 0.717) is 6.20 Å². The van der Waals surface area contributed by atoms with Crippen molar-refractivity contribution in [2.45, 2.75) is 6.43 Å². The second kappa shape index (κ2) is 3.82. The van der Waals surface area contributed by atoms with Crippen molar-refractivity contribution in [2.24, 2.45) is 0 Å². The Hall–Kier alpha value is -1.31. The molecule has 1 heterocycles. The molecular weight excluding hydrogens is 266 g/mol. The van der Waals surface area contributed by atoms with E-state index in [-0.39, 0.29) is 0 Å². The topological polar surface area (TPSA) is 76.0 Å². The third-order valence-electron chi connectivity index (χ3n) is 1.47. The van der Waals surface area contributed by atoms with Gasteiger partial charge in [0.1, 0.15) is 5.56 Å². The average molecular weight is 269 g/mol. The fourth-order valence-electron chi connectivity index (χ4n) is 0.868. The van der Waals surface area contributed by atoms with Crippen LogP contribution in [0, 0.1) is 10.1 Å². The van der Waals surface area contributed by atoms with Gasteiger partial charge in [-0.05, 0) is 15.9 Å². The van der Waals surface area contributed by atoms with Crippen LogP contribution in [-0.4, -0.2) is 9.91 Å². The lowest BCUT2D eigenvalue weighted by Crippen LogP contribution is -2.11. The summed E-state index contributed by atoms with van der Waals surface area (Å²) >= 11 is 2.57. The van der Waals surface area contributed by atoms with E-state index < -0.39 is 32.6 Å². The molecular formula is C6H3BrF2N2O3. The number of hydrogen-bond acceptors (Lipinski definition) is 3. The zero-order valence-electron chi connectivity index (χ0n) is 6.46. The minimum absolute atomic E-state index is 0.512. The Bertz CT molecular complexity index is 432. The van der Waals surface area contributed by atoms with Gasteiger partial charge >= 0.3 is 0 Å². The van der Waals surface area contributed by atoms with E-state index in [4.69, 9.17) is 0 Å². The molecule has 0 saturated heterocycles. The fraction of sp³-hybridized carbons (Fsp3) is 0.167. The lowest BCUT2D eigenvalue weighted by atomic mass is 10.2. The van der Waals surface area contributed by atoms with Crippen LogP contribution >= 0.6 is 15.9 Å². The van der Waals surface area contributed by atoms with Gasteiger partial charge in [0.25, 0.3) is 17.7 Å². The Kier molecular flexibility index (Phi) is 2.94. The Morgan fingerprint density at radius 1 is 1.57 bits per heavy atom. The molecule has 0 aromatic carbocycles. The summed E-state index contributed by atoms with van der Waals surface area (Å²) in [6, 6.07) is 0. The van der Waals surface area contributed by atoms with Gasteiger partial charge in [-0.25, -0.2) is 8.78 Å². The van der Waals surface area contributed by atoms with Crippen molar-refractivity contribution in [3.05, 3.63) is 36.7 Å². The van der Waals surface area contributed by atoms with E-state index in [1.165, 1.54) is 0 Å². The molecule has 76 valence electrons. The van der Waals surface area contributed by atoms with Crippen molar-refractivity contribution < 1.29 is 13.7 Å². The number of nitrogens with zero attached hydrogens (tertiary/aromatic N) is 1. The third kappa shape index (κ3) is 1.79. The zero-order valence-corrected chi connectivity index (χ0v) is 8.05. The van der Waals surface area contributed by atoms with Gasteiger partial charge in [0.2, 0.25) is 0 Å². The average Bonchev–Trinajstić information content (AvgIpc) is 2.08. The van der Waals surface area contributed by atoms with Crippen LogP contribution in [-0.2, 0) is 0 Å². The van der Waals surface area contributed by atoms with Gasteiger partial charge < -0.3 is 4.98 Å². The van der Waals surface area contributed by atoms with Crippen molar-refractivity contribution in [3.8, 4) is 0 Å². The second-order valence-electron chi connectivity index (χ2n) is 2.29. The van der Waals surface area contributed by atoms with E-state index >= 15 is 0 Å². The fourth-order valence-corrected chi connectivity index (χ4v) is 1.36. The molecule has 5 nitrogen and oxygen atoms in total. The van der Waals surface area contributed by atoms with Crippen LogP contribution in [0.3, 0.4) is 0 Å². The van der Waals surface area contributed by atoms with Crippen LogP contribution in [0.1, 0.15) is 12.0 Å². The molecule has 0 aliphatic rings. The third-order valence-corrected chi connectivity index (χ3v) is 2.25. The van der Waals surface area contributed by atoms with Gasteiger partial charge in [0, 0.05) is 0 Å². The van der Waals surface area contributed by atoms with E-state index in [0.717, 1.165) is 0 Å². The van der Waals surface area contributed by atoms with Crippen molar-refractivity contribution in [1.82, 2.24) is 4.98 Å². The normalized spacial score (nSPS) is 10.6. The Labute approximate surface area is 84.0 Å². The van der Waals surface area contributed by atoms with Gasteiger partial charge in [-0.15, -0.1) is 0 Å². The number of alkyl halides is 2. The number of hydrogen-bond donors (Lipinski definition) is 1. The molecule has 1 aromatic rings. The molecule has 0 aliphatic heterocycles. The van der Waals surface area contributed by atoms with Gasteiger partial charge in [0.15, 0.2) is 0 Å². The molecule has 0 aliphatic carbocycles. The van der Waals surface area contributed by atoms with E-state index in [1.54, 1.807) is 0 Å². The van der Waals surface area contributed by atoms with Gasteiger partial charge in [0.05, 0.1) is 15.6 Å². The summed E-state index contributed by atoms with van der Waals surface area (Å²) in [5.41, 5.74) is -2.55. The van der Waals surface area contributed by atoms with Crippen LogP contribution in [0.25, 0.3) is 0 Å². The van der Waals surface area contributed by atoms with Crippen LogP contribution in [0.2, 0.25) is 0 Å². The Balaban J connectivity index is 3.53. The summed E-state index contributed by atoms with van der Waals surface area (Å²) in [5.74, 6) is 0. The van der Waals surface area contributed by atoms with Crippen molar-refractivity contribution in [2.75, 3.05) is 0 Å². The quantitative estimate of drug-likeness (QED) is 0.658. The number of halogens is 3. The summed E-state index contributed by atoms with van der Waals surface area (Å²) in [5, 5.41) is 10.3. The first-order valence-electron chi connectivity index (χ1n) is 3.28. The number of aromatic nitrogens is 1. The first-order valence-corrected chi connectivity index (χ1v) is 4.08. The van der Waals surface area contributed by atoms with Gasteiger partial charge in [-0.3, -0.25) is 14.9 Å². The number of rotatable bonds is 2. The highest BCUT2D eigenvalue weighted by Crippen LogP contribution is 2.31. The molecule has 0 fully saturated rings. The van der Waals surface area contributed by atoms with Crippen molar-refractivity contribution in [3.63, 3.8) is 0 Å². The molecule has 1 aromatic heterocycles. The minimum atomic E-state index is -3.08. The molecule has 1 rings (SSSR count). The van der Waals surface area contributed by atoms with Crippen LogP contribution in [0.4, 0.5) is 14.5 Å². The number of pyridine rings is 1. The molecule has 0 spiro atoms. The largest absolute Gasteiger partial charge is 0.322 e. The number of aromatic amines is 1. The Morgan fingerprint density at radius 3 is 2.57 bits per heavy atom. The second-order valence-corrected chi connectivity index (χ2v) is 3.08. The van der Waals surface area contributed by atoms with E-state index in [1.807, 2.05) is 4.98 Å². The van der Waals surface area contributed by atoms with Crippen LogP contribution < -0.4 is 5.56 Å². The molecule has 0 atom stereocenters. The zero-order chi connectivity index (χ0) is 10.9. The molecule has 14 heavy (non-hydrogen) atoms. The van der Waals surface area contributed by atoms with E-state index in [9.17, 15) is 23.7 Å². The van der Waals surface area contributed by atoms with Crippen LogP contribution in [0.15, 0.2) is 15.5 Å². The molecule has 0 radical (unpaired) electrons. The highest BCUT2D eigenvalue weighted by atomic mass is 79.9. The van der Waals surface area contributed by atoms with Crippen molar-refractivity contribution in [1.29, 1.82) is 0 Å². The molecule has 8 heteroatoms. The summed E-state index contributed by atoms with van der Waals surface area (Å²) in [7, 11) is 0. The predicted octanol–water partition coefficient (Wildman–Crippen LogP) is 1.98. The molecule has 0 unspecified atom stereocenters. The Morgan fingerprint density at radius 2 is 2.14 bits per heavy atom. The first kappa shape index (κ1) is 10.8. The number of nitro groups is 1. The monoisotopic (exact) mass is 268 g/mol. The maximum absolute atomic E-state index is 12.3. The maximum atomic E-state index is 12.3. The SMILES string of the molecule is O=c1[nH]cc([N+](=O)[O-])c(C(F)F)c1Br. The number of H-pyrrole nitrogens is 1. The van der Waals surface area contributed by atoms with Gasteiger partial charge in [-0.1, -0.05) is 0 Å². The summed E-state index contributed by atoms with van der Waals surface area (Å²) < 4.78 is 24.2. The lowest BCUT2D eigenvalue weighted by molar-refractivity contribution is -0.386. The van der Waals surface area contributed by atoms with Crippen LogP contribution in [0.5, 0.6) is 0 Å². The first-order chi connectivity index (χ1) is 6.45. The maximum Gasteiger partial charge on any atom is 0.295 e. The lowest BCUT2D eigenvalue weighted by Gasteiger charge is -2.02. The van der Waals surface area contributed by atoms with Crippen molar-refractivity contribution >= 4 is 21.6 Å². The molecule has 0 bridgehead atoms. The molecule has 1 N–H and O–H groups in total. The smallest absolute Gasteiger partial charge is 0.295 e. The van der Waals surface area contributed by atoms with Gasteiger partial charge in [-0.2, -0.15) is 0 Å². The molecule has 0 amide bonds. The summed E-state index contributed by atoms with van der Waals surface area (Å²) in [6.07, 6.45) is -2.43. The summed E-state index contributed by atoms with van der Waals surface area (Å²) in [4.78, 5) is 22.2. The van der Waals surface area contributed by atoms with E-state index in [2.05, 4.69) is 15.9 Å².